The molecule has 3 heterocycles. The molecule has 152 valence electrons. The molecule has 0 saturated carbocycles. The molecule has 2 aliphatic heterocycles. The van der Waals surface area contributed by atoms with Gasteiger partial charge in [-0.2, -0.15) is 4.98 Å². The van der Waals surface area contributed by atoms with Gasteiger partial charge >= 0.3 is 23.6 Å². The zero-order chi connectivity index (χ0) is 20.4. The largest absolute Gasteiger partial charge is 0.463 e. The third kappa shape index (κ3) is 3.97. The molecular weight excluding hydrogens is 378 g/mol. The van der Waals surface area contributed by atoms with Gasteiger partial charge < -0.3 is 18.9 Å². The van der Waals surface area contributed by atoms with Gasteiger partial charge in [-0.15, -0.1) is 0 Å². The molecule has 28 heavy (non-hydrogen) atoms. The third-order valence-corrected chi connectivity index (χ3v) is 4.19. The average Bonchev–Trinajstić information content (AvgIpc) is 2.87. The number of rotatable bonds is 5. The van der Waals surface area contributed by atoms with Gasteiger partial charge in [-0.1, -0.05) is 13.8 Å². The van der Waals surface area contributed by atoms with E-state index in [9.17, 15) is 19.2 Å². The lowest BCUT2D eigenvalue weighted by Gasteiger charge is -2.21. The van der Waals surface area contributed by atoms with Gasteiger partial charge in [-0.05, 0) is 6.07 Å². The second-order valence-corrected chi connectivity index (χ2v) is 6.55. The zero-order valence-corrected chi connectivity index (χ0v) is 15.1. The molecule has 1 aromatic rings. The van der Waals surface area contributed by atoms with E-state index in [0.29, 0.717) is 0 Å². The Kier molecular flexibility index (Phi) is 5.61. The topological polar surface area (TPSA) is 155 Å². The van der Waals surface area contributed by atoms with Crippen LogP contribution in [0, 0.1) is 5.92 Å². The first-order valence-electron chi connectivity index (χ1n) is 8.50. The van der Waals surface area contributed by atoms with Gasteiger partial charge in [0.15, 0.2) is 24.3 Å². The van der Waals surface area contributed by atoms with Gasteiger partial charge in [0.1, 0.15) is 19.1 Å². The number of fused-ring (bicyclic) bond motifs is 1. The number of aromatic nitrogens is 2. The van der Waals surface area contributed by atoms with Crippen molar-refractivity contribution in [1.82, 2.24) is 9.55 Å². The summed E-state index contributed by atoms with van der Waals surface area (Å²) in [6.07, 6.45) is -3.68. The molecule has 0 radical (unpaired) electrons. The average molecular weight is 397 g/mol. The maximum absolute atomic E-state index is 12.2. The van der Waals surface area contributed by atoms with Gasteiger partial charge in [0.05, 0.1) is 5.92 Å². The van der Waals surface area contributed by atoms with Crippen molar-refractivity contribution in [2.45, 2.75) is 44.8 Å². The Balaban J connectivity index is 1.89. The predicted molar refractivity (Wildman–Crippen MR) is 88.0 cm³/mol. The molecule has 12 heteroatoms. The minimum atomic E-state index is -1.17. The molecule has 0 unspecified atom stereocenters. The summed E-state index contributed by atoms with van der Waals surface area (Å²) in [5.41, 5.74) is 0.929. The first-order valence-corrected chi connectivity index (χ1v) is 8.50. The van der Waals surface area contributed by atoms with Crippen LogP contribution >= 0.6 is 0 Å². The van der Waals surface area contributed by atoms with Crippen LogP contribution in [-0.4, -0.2) is 57.6 Å². The van der Waals surface area contributed by atoms with E-state index in [-0.39, 0.29) is 18.3 Å². The van der Waals surface area contributed by atoms with E-state index in [1.165, 1.54) is 12.3 Å². The fraction of sp³-hybridized carbons (Fsp3) is 0.562. The molecule has 2 aliphatic rings. The van der Waals surface area contributed by atoms with Crippen LogP contribution in [0.3, 0.4) is 0 Å². The minimum Gasteiger partial charge on any atom is -0.463 e. The Hall–Kier alpha value is -2.99. The van der Waals surface area contributed by atoms with Gasteiger partial charge in [0.2, 0.25) is 0 Å². The molecule has 4 atom stereocenters. The molecule has 0 aliphatic carbocycles. The van der Waals surface area contributed by atoms with Crippen LogP contribution in [0.25, 0.3) is 0 Å². The van der Waals surface area contributed by atoms with Gasteiger partial charge in [0.25, 0.3) is 0 Å². The summed E-state index contributed by atoms with van der Waals surface area (Å²) >= 11 is 0. The van der Waals surface area contributed by atoms with Crippen molar-refractivity contribution >= 4 is 23.7 Å². The van der Waals surface area contributed by atoms with Gasteiger partial charge in [-0.25, -0.2) is 4.79 Å². The summed E-state index contributed by atoms with van der Waals surface area (Å²) in [6, 6.07) is 1.29. The number of nitrogens with one attached hydrogen (secondary N) is 1. The number of carbonyl (C=O) groups is 3. The first-order chi connectivity index (χ1) is 13.3. The number of nitrogens with zero attached hydrogens (tertiary/aromatic N) is 2. The summed E-state index contributed by atoms with van der Waals surface area (Å²) in [5.74, 6) is -2.61. The molecule has 1 aromatic heterocycles. The fourth-order valence-corrected chi connectivity index (χ4v) is 2.84. The van der Waals surface area contributed by atoms with Crippen molar-refractivity contribution in [3.05, 3.63) is 22.7 Å². The number of ether oxygens (including phenoxy) is 4. The van der Waals surface area contributed by atoms with Crippen molar-refractivity contribution in [1.29, 1.82) is 0 Å². The van der Waals surface area contributed by atoms with Crippen LogP contribution in [0.1, 0.15) is 26.5 Å². The van der Waals surface area contributed by atoms with Gasteiger partial charge in [0, 0.05) is 6.20 Å². The molecule has 2 N–H and O–H groups in total. The minimum absolute atomic E-state index is 0.0949. The smallest absolute Gasteiger partial charge is 0.351 e. The lowest BCUT2D eigenvalue weighted by Crippen LogP contribution is -2.40. The summed E-state index contributed by atoms with van der Waals surface area (Å²) in [5, 5.41) is 8.85. The van der Waals surface area contributed by atoms with Gasteiger partial charge in [-0.3, -0.25) is 29.6 Å². The Labute approximate surface area is 158 Å². The highest BCUT2D eigenvalue weighted by Crippen LogP contribution is 2.35. The van der Waals surface area contributed by atoms with E-state index in [1.54, 1.807) is 19.3 Å². The third-order valence-electron chi connectivity index (χ3n) is 4.19. The van der Waals surface area contributed by atoms with Crippen LogP contribution in [0.4, 0.5) is 5.82 Å². The quantitative estimate of drug-likeness (QED) is 0.282. The second kappa shape index (κ2) is 7.94. The van der Waals surface area contributed by atoms with E-state index in [2.05, 4.69) is 4.98 Å². The summed E-state index contributed by atoms with van der Waals surface area (Å²) < 4.78 is 22.4. The molecule has 0 aromatic carbocycles. The van der Waals surface area contributed by atoms with Crippen molar-refractivity contribution in [3.63, 3.8) is 0 Å². The maximum Gasteiger partial charge on any atom is 0.351 e. The SMILES string of the molecule is CC(C)C(=O)OC[C@H]1O[C@@H](n2ccc(NO)nc2=O)[C@@H]2OC(=O)CC(=O)O[C@@H]21. The molecular formula is C16H19N3O9. The lowest BCUT2D eigenvalue weighted by molar-refractivity contribution is -0.160. The molecule has 0 spiro atoms. The van der Waals surface area contributed by atoms with Crippen LogP contribution < -0.4 is 11.2 Å². The Morgan fingerprint density at radius 2 is 2.00 bits per heavy atom. The predicted octanol–water partition coefficient (Wildman–Crippen LogP) is -0.632. The highest BCUT2D eigenvalue weighted by atomic mass is 16.7. The Morgan fingerprint density at radius 3 is 2.61 bits per heavy atom. The van der Waals surface area contributed by atoms with E-state index in [1.807, 2.05) is 0 Å². The normalized spacial score (nSPS) is 26.9. The van der Waals surface area contributed by atoms with E-state index in [0.717, 1.165) is 4.57 Å². The number of carbonyl (C=O) groups excluding carboxylic acids is 3. The van der Waals surface area contributed by atoms with Crippen LogP contribution in [-0.2, 0) is 33.3 Å². The first kappa shape index (κ1) is 19.8. The zero-order valence-electron chi connectivity index (χ0n) is 15.1. The standard InChI is InChI=1S/C16H19N3O9/c1-7(2)15(22)25-6-8-12-13(28-11(21)5-10(20)27-12)14(26-8)19-4-3-9(18-24)17-16(19)23/h3-4,7-8,12-14,24H,5-6H2,1-2H3,(H,17,18,23)/t8-,12-,13-,14-/m1/s1. The molecule has 0 amide bonds. The number of esters is 3. The molecule has 0 bridgehead atoms. The van der Waals surface area contributed by atoms with E-state index < -0.39 is 54.6 Å². The van der Waals surface area contributed by atoms with Crippen molar-refractivity contribution in [2.24, 2.45) is 5.92 Å². The van der Waals surface area contributed by atoms with Crippen molar-refractivity contribution in [2.75, 3.05) is 12.1 Å². The summed E-state index contributed by atoms with van der Waals surface area (Å²) in [7, 11) is 0. The maximum atomic E-state index is 12.2. The monoisotopic (exact) mass is 397 g/mol. The highest BCUT2D eigenvalue weighted by molar-refractivity contribution is 5.92. The second-order valence-electron chi connectivity index (χ2n) is 6.55. The van der Waals surface area contributed by atoms with Crippen LogP contribution in [0.2, 0.25) is 0 Å². The Morgan fingerprint density at radius 1 is 1.32 bits per heavy atom. The number of hydrogen-bond donors (Lipinski definition) is 2. The number of anilines is 1. The molecule has 2 fully saturated rings. The Bertz CT molecular complexity index is 837. The molecule has 12 nitrogen and oxygen atoms in total. The summed E-state index contributed by atoms with van der Waals surface area (Å²) in [4.78, 5) is 51.2. The van der Waals surface area contributed by atoms with Crippen molar-refractivity contribution < 1.29 is 38.5 Å². The lowest BCUT2D eigenvalue weighted by atomic mass is 10.1. The van der Waals surface area contributed by atoms with Crippen LogP contribution in [0.15, 0.2) is 17.1 Å². The molecule has 2 saturated heterocycles. The van der Waals surface area contributed by atoms with E-state index in [4.69, 9.17) is 24.2 Å². The fourth-order valence-electron chi connectivity index (χ4n) is 2.84. The van der Waals surface area contributed by atoms with E-state index >= 15 is 0 Å². The van der Waals surface area contributed by atoms with Crippen LogP contribution in [0.5, 0.6) is 0 Å². The molecule has 3 rings (SSSR count). The number of hydrogen-bond acceptors (Lipinski definition) is 11. The van der Waals surface area contributed by atoms with Crippen molar-refractivity contribution in [3.8, 4) is 0 Å². The summed E-state index contributed by atoms with van der Waals surface area (Å²) in [6.45, 7) is 3.04. The highest BCUT2D eigenvalue weighted by Gasteiger charge is 2.53.